The zero-order valence-corrected chi connectivity index (χ0v) is 15.2. The van der Waals surface area contributed by atoms with Crippen molar-refractivity contribution in [3.63, 3.8) is 0 Å². The first-order valence-electron chi connectivity index (χ1n) is 7.94. The SMILES string of the molecule is CC(C)(C)CC(=O)Nc1cccc(SCC(=O)c2ccccc2)c1. The molecule has 1 amide bonds. The van der Waals surface area contributed by atoms with Crippen molar-refractivity contribution < 1.29 is 9.59 Å². The van der Waals surface area contributed by atoms with E-state index in [9.17, 15) is 9.59 Å². The molecular formula is C20H23NO2S. The summed E-state index contributed by atoms with van der Waals surface area (Å²) < 4.78 is 0. The topological polar surface area (TPSA) is 46.2 Å². The van der Waals surface area contributed by atoms with Crippen molar-refractivity contribution in [1.82, 2.24) is 0 Å². The van der Waals surface area contributed by atoms with Gasteiger partial charge in [0.25, 0.3) is 0 Å². The maximum absolute atomic E-state index is 12.1. The van der Waals surface area contributed by atoms with E-state index >= 15 is 0 Å². The van der Waals surface area contributed by atoms with Crippen molar-refractivity contribution in [2.75, 3.05) is 11.1 Å². The first kappa shape index (κ1) is 18.3. The summed E-state index contributed by atoms with van der Waals surface area (Å²) in [6.45, 7) is 6.11. The molecule has 2 aromatic rings. The molecule has 0 unspecified atom stereocenters. The number of hydrogen-bond donors (Lipinski definition) is 1. The van der Waals surface area contributed by atoms with Crippen LogP contribution in [0.25, 0.3) is 0 Å². The van der Waals surface area contributed by atoms with Gasteiger partial charge < -0.3 is 5.32 Å². The van der Waals surface area contributed by atoms with Gasteiger partial charge in [0.1, 0.15) is 0 Å². The van der Waals surface area contributed by atoms with Gasteiger partial charge in [0, 0.05) is 22.6 Å². The lowest BCUT2D eigenvalue weighted by Gasteiger charge is -2.17. The summed E-state index contributed by atoms with van der Waals surface area (Å²) in [5.74, 6) is 0.483. The summed E-state index contributed by atoms with van der Waals surface area (Å²) in [7, 11) is 0. The van der Waals surface area contributed by atoms with Crippen molar-refractivity contribution in [2.24, 2.45) is 5.41 Å². The molecule has 4 heteroatoms. The van der Waals surface area contributed by atoms with Crippen LogP contribution in [-0.2, 0) is 4.79 Å². The number of carbonyl (C=O) groups is 2. The molecule has 0 fully saturated rings. The summed E-state index contributed by atoms with van der Waals surface area (Å²) >= 11 is 1.48. The van der Waals surface area contributed by atoms with Crippen molar-refractivity contribution in [3.05, 3.63) is 60.2 Å². The van der Waals surface area contributed by atoms with E-state index in [1.165, 1.54) is 11.8 Å². The third-order valence-electron chi connectivity index (χ3n) is 3.27. The summed E-state index contributed by atoms with van der Waals surface area (Å²) in [5.41, 5.74) is 1.44. The summed E-state index contributed by atoms with van der Waals surface area (Å²) in [5, 5.41) is 2.92. The Morgan fingerprint density at radius 2 is 1.71 bits per heavy atom. The van der Waals surface area contributed by atoms with E-state index in [0.29, 0.717) is 12.2 Å². The lowest BCUT2D eigenvalue weighted by Crippen LogP contribution is -2.19. The number of rotatable bonds is 6. The molecule has 0 radical (unpaired) electrons. The van der Waals surface area contributed by atoms with E-state index in [1.807, 2.05) is 75.4 Å². The fourth-order valence-electron chi connectivity index (χ4n) is 2.21. The second-order valence-electron chi connectivity index (χ2n) is 6.89. The third-order valence-corrected chi connectivity index (χ3v) is 4.27. The smallest absolute Gasteiger partial charge is 0.224 e. The lowest BCUT2D eigenvalue weighted by atomic mass is 9.92. The largest absolute Gasteiger partial charge is 0.326 e. The Labute approximate surface area is 147 Å². The zero-order chi connectivity index (χ0) is 17.6. The van der Waals surface area contributed by atoms with E-state index in [4.69, 9.17) is 0 Å². The molecule has 0 saturated carbocycles. The number of thioether (sulfide) groups is 1. The highest BCUT2D eigenvalue weighted by atomic mass is 32.2. The highest BCUT2D eigenvalue weighted by molar-refractivity contribution is 8.00. The number of anilines is 1. The van der Waals surface area contributed by atoms with Crippen molar-refractivity contribution >= 4 is 29.1 Å². The minimum Gasteiger partial charge on any atom is -0.326 e. The van der Waals surface area contributed by atoms with E-state index in [2.05, 4.69) is 5.32 Å². The van der Waals surface area contributed by atoms with Crippen LogP contribution < -0.4 is 5.32 Å². The molecule has 0 spiro atoms. The van der Waals surface area contributed by atoms with Gasteiger partial charge >= 0.3 is 0 Å². The highest BCUT2D eigenvalue weighted by Gasteiger charge is 2.16. The van der Waals surface area contributed by atoms with Gasteiger partial charge in [-0.25, -0.2) is 0 Å². The van der Waals surface area contributed by atoms with Gasteiger partial charge in [0.05, 0.1) is 5.75 Å². The average Bonchev–Trinajstić information content (AvgIpc) is 2.52. The number of nitrogens with one attached hydrogen (secondary N) is 1. The van der Waals surface area contributed by atoms with Gasteiger partial charge in [-0.05, 0) is 23.6 Å². The number of Topliss-reactive ketones (excluding diaryl/α,β-unsaturated/α-hetero) is 1. The van der Waals surface area contributed by atoms with Crippen molar-refractivity contribution in [1.29, 1.82) is 0 Å². The third kappa shape index (κ3) is 6.20. The van der Waals surface area contributed by atoms with Crippen LogP contribution >= 0.6 is 11.8 Å². The van der Waals surface area contributed by atoms with E-state index in [-0.39, 0.29) is 17.1 Å². The predicted molar refractivity (Wildman–Crippen MR) is 101 cm³/mol. The normalized spacial score (nSPS) is 11.1. The molecule has 2 aromatic carbocycles. The van der Waals surface area contributed by atoms with Crippen LogP contribution in [0.2, 0.25) is 0 Å². The molecule has 126 valence electrons. The first-order valence-corrected chi connectivity index (χ1v) is 8.93. The van der Waals surface area contributed by atoms with Gasteiger partial charge in [-0.3, -0.25) is 9.59 Å². The Morgan fingerprint density at radius 1 is 1.00 bits per heavy atom. The van der Waals surface area contributed by atoms with E-state index in [1.54, 1.807) is 0 Å². The molecular weight excluding hydrogens is 318 g/mol. The Balaban J connectivity index is 1.93. The molecule has 3 nitrogen and oxygen atoms in total. The minimum absolute atomic E-state index is 0.00464. The Hall–Kier alpha value is -2.07. The number of benzene rings is 2. The molecule has 0 aliphatic heterocycles. The molecule has 0 saturated heterocycles. The van der Waals surface area contributed by atoms with Gasteiger partial charge in [-0.15, -0.1) is 11.8 Å². The zero-order valence-electron chi connectivity index (χ0n) is 14.3. The molecule has 0 aliphatic carbocycles. The van der Waals surface area contributed by atoms with Crippen LogP contribution in [0.3, 0.4) is 0 Å². The predicted octanol–water partition coefficient (Wildman–Crippen LogP) is 5.04. The highest BCUT2D eigenvalue weighted by Crippen LogP contribution is 2.24. The standard InChI is InChI=1S/C20H23NO2S/c1-20(2,3)13-19(23)21-16-10-7-11-17(12-16)24-14-18(22)15-8-5-4-6-9-15/h4-12H,13-14H2,1-3H3,(H,21,23). The lowest BCUT2D eigenvalue weighted by molar-refractivity contribution is -0.117. The average molecular weight is 341 g/mol. The maximum atomic E-state index is 12.1. The van der Waals surface area contributed by atoms with E-state index in [0.717, 1.165) is 16.1 Å². The number of carbonyl (C=O) groups excluding carboxylic acids is 2. The molecule has 0 aromatic heterocycles. The molecule has 0 bridgehead atoms. The van der Waals surface area contributed by atoms with Crippen molar-refractivity contribution in [3.8, 4) is 0 Å². The quantitative estimate of drug-likeness (QED) is 0.591. The number of ketones is 1. The minimum atomic E-state index is -0.0431. The van der Waals surface area contributed by atoms with Gasteiger partial charge in [0.2, 0.25) is 5.91 Å². The Kier molecular flexibility index (Phi) is 6.21. The molecule has 0 atom stereocenters. The summed E-state index contributed by atoms with van der Waals surface area (Å²) in [6.07, 6.45) is 0.469. The van der Waals surface area contributed by atoms with Gasteiger partial charge in [0.15, 0.2) is 5.78 Å². The maximum Gasteiger partial charge on any atom is 0.224 e. The Morgan fingerprint density at radius 3 is 2.38 bits per heavy atom. The first-order chi connectivity index (χ1) is 11.3. The van der Waals surface area contributed by atoms with Crippen LogP contribution in [0.1, 0.15) is 37.6 Å². The van der Waals surface area contributed by atoms with Crippen LogP contribution in [-0.4, -0.2) is 17.4 Å². The van der Waals surface area contributed by atoms with Gasteiger partial charge in [-0.1, -0.05) is 57.2 Å². The number of hydrogen-bond acceptors (Lipinski definition) is 3. The molecule has 24 heavy (non-hydrogen) atoms. The molecule has 0 heterocycles. The molecule has 1 N–H and O–H groups in total. The second-order valence-corrected chi connectivity index (χ2v) is 7.94. The second kappa shape index (κ2) is 8.15. The number of amides is 1. The van der Waals surface area contributed by atoms with Gasteiger partial charge in [-0.2, -0.15) is 0 Å². The van der Waals surface area contributed by atoms with E-state index < -0.39 is 0 Å². The van der Waals surface area contributed by atoms with Crippen LogP contribution in [0.5, 0.6) is 0 Å². The summed E-state index contributed by atoms with van der Waals surface area (Å²) in [6, 6.07) is 16.9. The fraction of sp³-hybridized carbons (Fsp3) is 0.300. The Bertz CT molecular complexity index is 705. The monoisotopic (exact) mass is 341 g/mol. The van der Waals surface area contributed by atoms with Crippen molar-refractivity contribution in [2.45, 2.75) is 32.1 Å². The van der Waals surface area contributed by atoms with Crippen LogP contribution in [0, 0.1) is 5.41 Å². The summed E-state index contributed by atoms with van der Waals surface area (Å²) in [4.78, 5) is 25.1. The van der Waals surface area contributed by atoms with Crippen LogP contribution in [0.4, 0.5) is 5.69 Å². The fourth-order valence-corrected chi connectivity index (χ4v) is 3.06. The van der Waals surface area contributed by atoms with Crippen LogP contribution in [0.15, 0.2) is 59.5 Å². The molecule has 2 rings (SSSR count). The molecule has 0 aliphatic rings.